The van der Waals surface area contributed by atoms with Crippen LogP contribution < -0.4 is 21.0 Å². The summed E-state index contributed by atoms with van der Waals surface area (Å²) in [5.74, 6) is 0.232. The molecular weight excluding hydrogens is 465 g/mol. The van der Waals surface area contributed by atoms with E-state index in [1.165, 1.54) is 0 Å². The van der Waals surface area contributed by atoms with Gasteiger partial charge in [0.1, 0.15) is 16.9 Å². The van der Waals surface area contributed by atoms with E-state index in [0.29, 0.717) is 41.6 Å². The molecule has 2 aromatic heterocycles. The first-order chi connectivity index (χ1) is 16.6. The fourth-order valence-corrected chi connectivity index (χ4v) is 4.17. The van der Waals surface area contributed by atoms with Crippen LogP contribution in [0.3, 0.4) is 0 Å². The first-order valence-corrected chi connectivity index (χ1v) is 11.1. The van der Waals surface area contributed by atoms with E-state index in [4.69, 9.17) is 9.36 Å². The highest BCUT2D eigenvalue weighted by Crippen LogP contribution is 2.44. The molecule has 1 fully saturated rings. The summed E-state index contributed by atoms with van der Waals surface area (Å²) in [5, 5.41) is 5.08. The molecule has 0 bridgehead atoms. The van der Waals surface area contributed by atoms with Crippen molar-refractivity contribution in [2.45, 2.75) is 51.1 Å². The maximum absolute atomic E-state index is 13.7. The number of halogens is 3. The van der Waals surface area contributed by atoms with E-state index in [2.05, 4.69) is 26.1 Å². The molecule has 9 nitrogen and oxygen atoms in total. The van der Waals surface area contributed by atoms with E-state index in [0.717, 1.165) is 24.1 Å². The van der Waals surface area contributed by atoms with Gasteiger partial charge < -0.3 is 9.36 Å². The zero-order valence-electron chi connectivity index (χ0n) is 19.0. The lowest BCUT2D eigenvalue weighted by Gasteiger charge is -2.25. The SMILES string of the molecule is Cc1nc(C(C)(CC(=O)c2cc(ON3NNc4ccccc43)c(C(F)(F)F)cn2)CC2CC2)no1. The number of hydrazine groups is 2. The number of aromatic nitrogens is 3. The molecule has 0 amide bonds. The Morgan fingerprint density at radius 2 is 2.06 bits per heavy atom. The summed E-state index contributed by atoms with van der Waals surface area (Å²) in [6.45, 7) is 3.53. The first kappa shape index (κ1) is 23.1. The molecule has 12 heteroatoms. The minimum absolute atomic E-state index is 0.0351. The lowest BCUT2D eigenvalue weighted by molar-refractivity contribution is -0.139. The molecule has 2 N–H and O–H groups in total. The maximum atomic E-state index is 13.7. The number of hydrogen-bond acceptors (Lipinski definition) is 9. The second-order valence-electron chi connectivity index (χ2n) is 9.15. The molecule has 3 aromatic rings. The average Bonchev–Trinajstić information content (AvgIpc) is 3.34. The Morgan fingerprint density at radius 3 is 2.74 bits per heavy atom. The predicted molar refractivity (Wildman–Crippen MR) is 118 cm³/mol. The van der Waals surface area contributed by atoms with Crippen LogP contribution >= 0.6 is 0 Å². The zero-order chi connectivity index (χ0) is 24.8. The third-order valence-electron chi connectivity index (χ3n) is 6.12. The van der Waals surface area contributed by atoms with Gasteiger partial charge in [0.05, 0.1) is 5.69 Å². The van der Waals surface area contributed by atoms with Gasteiger partial charge in [-0.25, -0.2) is 0 Å². The minimum atomic E-state index is -4.74. The monoisotopic (exact) mass is 488 g/mol. The molecule has 0 spiro atoms. The predicted octanol–water partition coefficient (Wildman–Crippen LogP) is 4.77. The number of anilines is 2. The molecular formula is C23H23F3N6O3. The van der Waals surface area contributed by atoms with Gasteiger partial charge in [0, 0.05) is 31.0 Å². The number of Topliss-reactive ketones (excluding diaryl/α,β-unsaturated/α-hetero) is 1. The molecule has 0 radical (unpaired) electrons. The Morgan fingerprint density at radius 1 is 1.29 bits per heavy atom. The molecule has 1 saturated carbocycles. The highest BCUT2D eigenvalue weighted by atomic mass is 19.4. The van der Waals surface area contributed by atoms with Gasteiger partial charge in [0.25, 0.3) is 0 Å². The molecule has 5 rings (SSSR count). The fourth-order valence-electron chi connectivity index (χ4n) is 4.17. The highest BCUT2D eigenvalue weighted by molar-refractivity contribution is 5.95. The Kier molecular flexibility index (Phi) is 5.62. The van der Waals surface area contributed by atoms with Crippen molar-refractivity contribution in [2.75, 3.05) is 10.6 Å². The highest BCUT2D eigenvalue weighted by Gasteiger charge is 2.41. The van der Waals surface area contributed by atoms with E-state index in [-0.39, 0.29) is 12.1 Å². The van der Waals surface area contributed by atoms with Crippen LogP contribution in [0.15, 0.2) is 41.1 Å². The van der Waals surface area contributed by atoms with Crippen molar-refractivity contribution >= 4 is 17.2 Å². The summed E-state index contributed by atoms with van der Waals surface area (Å²) in [7, 11) is 0. The van der Waals surface area contributed by atoms with Gasteiger partial charge >= 0.3 is 6.18 Å². The van der Waals surface area contributed by atoms with Crippen molar-refractivity contribution < 1.29 is 27.3 Å². The lowest BCUT2D eigenvalue weighted by atomic mass is 9.78. The number of hydrogen-bond donors (Lipinski definition) is 2. The first-order valence-electron chi connectivity index (χ1n) is 11.1. The zero-order valence-corrected chi connectivity index (χ0v) is 19.0. The standard InChI is InChI=1S/C23H23F3N6O3/c1-13-28-21(30-34-13)22(2,10-14-7-8-14)11-19(33)17-9-20(15(12-27-17)23(24,25)26)35-32-18-6-4-3-5-16(18)29-31-32/h3-6,9,12,14,29,31H,7-8,10-11H2,1-2H3. The lowest BCUT2D eigenvalue weighted by Crippen LogP contribution is -2.39. The molecule has 184 valence electrons. The third kappa shape index (κ3) is 4.78. The van der Waals surface area contributed by atoms with Gasteiger partial charge in [-0.15, -0.1) is 10.7 Å². The largest absolute Gasteiger partial charge is 0.421 e. The Labute approximate surface area is 198 Å². The van der Waals surface area contributed by atoms with Crippen molar-refractivity contribution in [3.63, 3.8) is 0 Å². The number of benzene rings is 1. The van der Waals surface area contributed by atoms with Crippen molar-refractivity contribution in [3.8, 4) is 5.75 Å². The maximum Gasteiger partial charge on any atom is 0.421 e. The van der Waals surface area contributed by atoms with Gasteiger partial charge in [-0.2, -0.15) is 18.2 Å². The van der Waals surface area contributed by atoms with Gasteiger partial charge in [-0.3, -0.25) is 15.2 Å². The summed E-state index contributed by atoms with van der Waals surface area (Å²) >= 11 is 0. The van der Waals surface area contributed by atoms with Crippen LogP contribution in [0.1, 0.15) is 60.4 Å². The molecule has 2 aliphatic rings. The summed E-state index contributed by atoms with van der Waals surface area (Å²) in [5.41, 5.74) is 4.58. The van der Waals surface area contributed by atoms with Crippen LogP contribution in [0.25, 0.3) is 0 Å². The number of rotatable bonds is 8. The summed E-state index contributed by atoms with van der Waals surface area (Å²) < 4.78 is 46.3. The Hall–Kier alpha value is -3.67. The number of pyridine rings is 1. The summed E-state index contributed by atoms with van der Waals surface area (Å²) in [6.07, 6.45) is -1.38. The number of ketones is 1. The van der Waals surface area contributed by atoms with E-state index in [9.17, 15) is 18.0 Å². The summed E-state index contributed by atoms with van der Waals surface area (Å²) in [6, 6.07) is 7.91. The number of carbonyl (C=O) groups is 1. The average molecular weight is 488 g/mol. The van der Waals surface area contributed by atoms with Crippen molar-refractivity contribution in [2.24, 2.45) is 5.92 Å². The number of fused-ring (bicyclic) bond motifs is 1. The molecule has 1 aliphatic carbocycles. The number of carbonyl (C=O) groups excluding carboxylic acids is 1. The van der Waals surface area contributed by atoms with Crippen molar-refractivity contribution in [1.29, 1.82) is 0 Å². The third-order valence-corrected chi connectivity index (χ3v) is 6.12. The van der Waals surface area contributed by atoms with Crippen molar-refractivity contribution in [1.82, 2.24) is 20.7 Å². The van der Waals surface area contributed by atoms with Crippen molar-refractivity contribution in [3.05, 3.63) is 59.5 Å². The topological polar surface area (TPSA) is 105 Å². The number of alkyl halides is 3. The molecule has 1 atom stereocenters. The summed E-state index contributed by atoms with van der Waals surface area (Å²) in [4.78, 5) is 27.0. The second kappa shape index (κ2) is 8.52. The molecule has 1 aliphatic heterocycles. The number of para-hydroxylation sites is 2. The molecule has 35 heavy (non-hydrogen) atoms. The number of nitrogens with one attached hydrogen (secondary N) is 2. The Balaban J connectivity index is 1.44. The molecule has 0 saturated heterocycles. The van der Waals surface area contributed by atoms with Crippen LogP contribution in [-0.2, 0) is 11.6 Å². The number of aryl methyl sites for hydroxylation is 1. The van der Waals surface area contributed by atoms with E-state index >= 15 is 0 Å². The Bertz CT molecular complexity index is 1260. The van der Waals surface area contributed by atoms with E-state index < -0.39 is 28.7 Å². The van der Waals surface area contributed by atoms with Gasteiger partial charge in [0.2, 0.25) is 5.89 Å². The molecule has 3 heterocycles. The number of nitrogens with zero attached hydrogens (tertiary/aromatic N) is 4. The molecule has 1 aromatic carbocycles. The molecule has 1 unspecified atom stereocenters. The van der Waals surface area contributed by atoms with E-state index in [1.54, 1.807) is 31.2 Å². The van der Waals surface area contributed by atoms with Gasteiger partial charge in [0.15, 0.2) is 17.4 Å². The van der Waals surface area contributed by atoms with Crippen LogP contribution in [0.2, 0.25) is 0 Å². The van der Waals surface area contributed by atoms with Gasteiger partial charge in [-0.05, 0) is 24.5 Å². The quantitative estimate of drug-likeness (QED) is 0.434. The van der Waals surface area contributed by atoms with Crippen LogP contribution in [0, 0.1) is 12.8 Å². The fraction of sp³-hybridized carbons (Fsp3) is 0.391. The van der Waals surface area contributed by atoms with Gasteiger partial charge in [-0.1, -0.05) is 37.1 Å². The van der Waals surface area contributed by atoms with Crippen LogP contribution in [0.5, 0.6) is 5.75 Å². The smallest absolute Gasteiger partial charge is 0.362 e. The normalized spacial score (nSPS) is 17.0. The van der Waals surface area contributed by atoms with E-state index in [1.807, 2.05) is 6.92 Å². The minimum Gasteiger partial charge on any atom is -0.362 e. The van der Waals surface area contributed by atoms with Crippen LogP contribution in [-0.4, -0.2) is 20.9 Å². The second-order valence-corrected chi connectivity index (χ2v) is 9.15. The van der Waals surface area contributed by atoms with Crippen LogP contribution in [0.4, 0.5) is 24.5 Å².